The van der Waals surface area contributed by atoms with Gasteiger partial charge in [-0.3, -0.25) is 14.3 Å². The second-order valence-corrected chi connectivity index (χ2v) is 6.20. The van der Waals surface area contributed by atoms with E-state index in [4.69, 9.17) is 5.73 Å². The second-order valence-electron chi connectivity index (χ2n) is 6.20. The zero-order valence-corrected chi connectivity index (χ0v) is 12.4. The molecule has 6 heteroatoms. The highest BCUT2D eigenvalue weighted by Crippen LogP contribution is 2.17. The Morgan fingerprint density at radius 1 is 1.26 bits per heavy atom. The van der Waals surface area contributed by atoms with E-state index in [0.29, 0.717) is 0 Å². The lowest BCUT2D eigenvalue weighted by Gasteiger charge is -2.22. The van der Waals surface area contributed by atoms with Crippen molar-refractivity contribution in [2.45, 2.75) is 52.6 Å². The first-order chi connectivity index (χ1) is 8.45. The minimum Gasteiger partial charge on any atom is -0.368 e. The molecule has 1 heterocycles. The number of primary amides is 1. The van der Waals surface area contributed by atoms with E-state index in [1.54, 1.807) is 24.6 Å². The van der Waals surface area contributed by atoms with E-state index in [0.717, 1.165) is 5.69 Å². The summed E-state index contributed by atoms with van der Waals surface area (Å²) in [6, 6.07) is 1.69. The lowest BCUT2D eigenvalue weighted by atomic mass is 10.1. The number of carbonyl (C=O) groups excluding carboxylic acids is 2. The molecule has 0 unspecified atom stereocenters. The molecule has 1 aromatic heterocycles. The van der Waals surface area contributed by atoms with E-state index in [-0.39, 0.29) is 11.2 Å². The topological polar surface area (TPSA) is 90.0 Å². The van der Waals surface area contributed by atoms with Crippen LogP contribution in [0.15, 0.2) is 6.07 Å². The van der Waals surface area contributed by atoms with Crippen molar-refractivity contribution in [3.63, 3.8) is 0 Å². The highest BCUT2D eigenvalue weighted by atomic mass is 16.2. The fourth-order valence-corrected chi connectivity index (χ4v) is 1.67. The molecule has 0 aliphatic carbocycles. The van der Waals surface area contributed by atoms with Crippen LogP contribution in [0.5, 0.6) is 0 Å². The molecule has 19 heavy (non-hydrogen) atoms. The number of amides is 2. The van der Waals surface area contributed by atoms with Crippen molar-refractivity contribution in [3.05, 3.63) is 17.5 Å². The fourth-order valence-electron chi connectivity index (χ4n) is 1.67. The Hall–Kier alpha value is -1.85. The summed E-state index contributed by atoms with van der Waals surface area (Å²) >= 11 is 0. The third-order valence-corrected chi connectivity index (χ3v) is 2.80. The third kappa shape index (κ3) is 3.33. The number of aromatic nitrogens is 2. The maximum Gasteiger partial charge on any atom is 0.272 e. The molecule has 0 aliphatic rings. The van der Waals surface area contributed by atoms with Gasteiger partial charge in [0.15, 0.2) is 0 Å². The summed E-state index contributed by atoms with van der Waals surface area (Å²) in [6.07, 6.45) is 0. The van der Waals surface area contributed by atoms with E-state index >= 15 is 0 Å². The van der Waals surface area contributed by atoms with Crippen molar-refractivity contribution in [2.75, 3.05) is 0 Å². The summed E-state index contributed by atoms with van der Waals surface area (Å²) < 4.78 is 1.78. The van der Waals surface area contributed by atoms with Gasteiger partial charge in [-0.05, 0) is 47.6 Å². The molecule has 106 valence electrons. The van der Waals surface area contributed by atoms with Crippen molar-refractivity contribution < 1.29 is 9.59 Å². The molecule has 0 bridgehead atoms. The van der Waals surface area contributed by atoms with Gasteiger partial charge in [-0.2, -0.15) is 5.10 Å². The van der Waals surface area contributed by atoms with Crippen LogP contribution in [0.4, 0.5) is 0 Å². The summed E-state index contributed by atoms with van der Waals surface area (Å²) in [4.78, 5) is 23.3. The van der Waals surface area contributed by atoms with Crippen LogP contribution in [0.3, 0.4) is 0 Å². The maximum absolute atomic E-state index is 12.1. The third-order valence-electron chi connectivity index (χ3n) is 2.80. The largest absolute Gasteiger partial charge is 0.368 e. The van der Waals surface area contributed by atoms with Gasteiger partial charge in [0.2, 0.25) is 5.91 Å². The quantitative estimate of drug-likeness (QED) is 0.853. The second kappa shape index (κ2) is 4.68. The van der Waals surface area contributed by atoms with Gasteiger partial charge < -0.3 is 11.1 Å². The minimum atomic E-state index is -1.10. The molecule has 0 fully saturated rings. The van der Waals surface area contributed by atoms with Gasteiger partial charge in [-0.25, -0.2) is 0 Å². The van der Waals surface area contributed by atoms with Gasteiger partial charge in [0.1, 0.15) is 11.2 Å². The van der Waals surface area contributed by atoms with E-state index in [9.17, 15) is 9.59 Å². The van der Waals surface area contributed by atoms with Crippen molar-refractivity contribution in [1.82, 2.24) is 15.1 Å². The molecule has 0 spiro atoms. The first kappa shape index (κ1) is 15.2. The zero-order chi connectivity index (χ0) is 15.0. The molecule has 1 rings (SSSR count). The summed E-state index contributed by atoms with van der Waals surface area (Å²) in [5, 5.41) is 6.85. The number of hydrogen-bond donors (Lipinski definition) is 2. The van der Waals surface area contributed by atoms with E-state index in [2.05, 4.69) is 10.4 Å². The molecule has 0 aromatic carbocycles. The molecule has 1 aromatic rings. The summed E-state index contributed by atoms with van der Waals surface area (Å²) in [5.41, 5.74) is 5.08. The molecule has 2 amide bonds. The Morgan fingerprint density at radius 2 is 1.79 bits per heavy atom. The molecule has 0 radical (unpaired) electrons. The van der Waals surface area contributed by atoms with Crippen molar-refractivity contribution >= 4 is 11.8 Å². The Bertz CT molecular complexity index is 509. The van der Waals surface area contributed by atoms with E-state index in [1.807, 2.05) is 27.7 Å². The molecule has 0 saturated heterocycles. The fraction of sp³-hybridized carbons (Fsp3) is 0.615. The summed E-state index contributed by atoms with van der Waals surface area (Å²) in [7, 11) is 0. The van der Waals surface area contributed by atoms with Gasteiger partial charge in [0.05, 0.1) is 5.54 Å². The highest BCUT2D eigenvalue weighted by Gasteiger charge is 2.29. The normalized spacial score (nSPS) is 12.3. The smallest absolute Gasteiger partial charge is 0.272 e. The monoisotopic (exact) mass is 266 g/mol. The molecule has 0 aliphatic heterocycles. The van der Waals surface area contributed by atoms with Crippen LogP contribution >= 0.6 is 0 Å². The first-order valence-corrected chi connectivity index (χ1v) is 6.15. The van der Waals surface area contributed by atoms with Crippen LogP contribution in [-0.2, 0) is 10.3 Å². The van der Waals surface area contributed by atoms with Gasteiger partial charge >= 0.3 is 0 Å². The number of nitrogens with zero attached hydrogens (tertiary/aromatic N) is 2. The Labute approximate surface area is 113 Å². The Morgan fingerprint density at radius 3 is 2.16 bits per heavy atom. The average Bonchev–Trinajstić information content (AvgIpc) is 2.58. The number of hydrogen-bond acceptors (Lipinski definition) is 3. The Kier molecular flexibility index (Phi) is 3.74. The van der Waals surface area contributed by atoms with Crippen LogP contribution in [-0.4, -0.2) is 27.1 Å². The molecule has 6 nitrogen and oxygen atoms in total. The molecule has 3 N–H and O–H groups in total. The number of nitrogens with one attached hydrogen (secondary N) is 1. The molecule has 0 atom stereocenters. The predicted molar refractivity (Wildman–Crippen MR) is 72.7 cm³/mol. The SMILES string of the molecule is Cc1cc(C(=O)NC(C)(C)C(N)=O)nn1C(C)(C)C. The van der Waals surface area contributed by atoms with Gasteiger partial charge in [-0.15, -0.1) is 0 Å². The van der Waals surface area contributed by atoms with Gasteiger partial charge in [0, 0.05) is 5.69 Å². The van der Waals surface area contributed by atoms with Crippen LogP contribution < -0.4 is 11.1 Å². The summed E-state index contributed by atoms with van der Waals surface area (Å²) in [6.45, 7) is 11.0. The molecular weight excluding hydrogens is 244 g/mol. The average molecular weight is 266 g/mol. The first-order valence-electron chi connectivity index (χ1n) is 6.15. The Balaban J connectivity index is 3.00. The van der Waals surface area contributed by atoms with Crippen molar-refractivity contribution in [1.29, 1.82) is 0 Å². The van der Waals surface area contributed by atoms with Gasteiger partial charge in [0.25, 0.3) is 5.91 Å². The minimum absolute atomic E-state index is 0.207. The molecule has 0 saturated carbocycles. The number of nitrogens with two attached hydrogens (primary N) is 1. The lowest BCUT2D eigenvalue weighted by molar-refractivity contribution is -0.122. The number of rotatable bonds is 3. The van der Waals surface area contributed by atoms with Crippen LogP contribution in [0, 0.1) is 6.92 Å². The van der Waals surface area contributed by atoms with Crippen LogP contribution in [0.1, 0.15) is 50.8 Å². The lowest BCUT2D eigenvalue weighted by Crippen LogP contribution is -2.53. The predicted octanol–water partition coefficient (Wildman–Crippen LogP) is 0.940. The highest BCUT2D eigenvalue weighted by molar-refractivity contribution is 5.97. The zero-order valence-electron chi connectivity index (χ0n) is 12.4. The maximum atomic E-state index is 12.1. The van der Waals surface area contributed by atoms with E-state index in [1.165, 1.54) is 0 Å². The van der Waals surface area contributed by atoms with Crippen molar-refractivity contribution in [2.24, 2.45) is 5.73 Å². The molecular formula is C13H22N4O2. The van der Waals surface area contributed by atoms with Crippen molar-refractivity contribution in [3.8, 4) is 0 Å². The number of aryl methyl sites for hydroxylation is 1. The standard InChI is InChI=1S/C13H22N4O2/c1-8-7-9(16-17(8)12(2,3)4)10(18)15-13(5,6)11(14)19/h7H,1-6H3,(H2,14,19)(H,15,18). The van der Waals surface area contributed by atoms with Crippen LogP contribution in [0.25, 0.3) is 0 Å². The van der Waals surface area contributed by atoms with Crippen LogP contribution in [0.2, 0.25) is 0 Å². The van der Waals surface area contributed by atoms with Gasteiger partial charge in [-0.1, -0.05) is 0 Å². The number of carbonyl (C=O) groups is 2. The summed E-state index contributed by atoms with van der Waals surface area (Å²) in [5.74, 6) is -0.997. The van der Waals surface area contributed by atoms with E-state index < -0.39 is 17.4 Å².